The minimum atomic E-state index is -2.59. The number of nitrogens with zero attached hydrogens (tertiary/aromatic N) is 2. The molecule has 0 saturated heterocycles. The molecule has 2 N–H and O–H groups in total. The van der Waals surface area contributed by atoms with Crippen molar-refractivity contribution in [2.75, 3.05) is 0 Å². The van der Waals surface area contributed by atoms with E-state index in [0.29, 0.717) is 61.6 Å². The highest BCUT2D eigenvalue weighted by atomic mass is 32.1. The van der Waals surface area contributed by atoms with Crippen LogP contribution in [-0.4, -0.2) is 38.3 Å². The summed E-state index contributed by atoms with van der Waals surface area (Å²) in [5.74, 6) is -2.39. The molecule has 0 bridgehead atoms. The van der Waals surface area contributed by atoms with Crippen molar-refractivity contribution in [2.24, 2.45) is 0 Å². The van der Waals surface area contributed by atoms with Gasteiger partial charge in [0.1, 0.15) is 16.4 Å². The quantitative estimate of drug-likeness (QED) is 0.358. The Bertz CT molecular complexity index is 1300. The maximum atomic E-state index is 13.7. The van der Waals surface area contributed by atoms with Crippen molar-refractivity contribution in [3.63, 3.8) is 0 Å². The Morgan fingerprint density at radius 3 is 2.49 bits per heavy atom. The molecule has 0 aliphatic heterocycles. The number of thiazole rings is 1. The van der Waals surface area contributed by atoms with Crippen molar-refractivity contribution in [3.8, 4) is 0 Å². The fourth-order valence-electron chi connectivity index (χ4n) is 5.69. The van der Waals surface area contributed by atoms with Crippen molar-refractivity contribution in [1.82, 2.24) is 10.1 Å². The number of carboxylic acid groups (broad SMARTS) is 1. The Balaban J connectivity index is 1.11. The van der Waals surface area contributed by atoms with E-state index in [1.165, 1.54) is 17.4 Å². The molecular weight excluding hydrogens is 502 g/mol. The van der Waals surface area contributed by atoms with Gasteiger partial charge >= 0.3 is 5.97 Å². The molecule has 2 aromatic heterocycles. The second kappa shape index (κ2) is 9.39. The monoisotopic (exact) mass is 532 g/mol. The van der Waals surface area contributed by atoms with Crippen LogP contribution in [0.2, 0.25) is 0 Å². The molecule has 0 radical (unpaired) electrons. The van der Waals surface area contributed by atoms with Gasteiger partial charge < -0.3 is 19.5 Å². The number of carboxylic acids is 1. The lowest BCUT2D eigenvalue weighted by atomic mass is 9.83. The third-order valence-electron chi connectivity index (χ3n) is 8.16. The third-order valence-corrected chi connectivity index (χ3v) is 9.37. The molecule has 0 atom stereocenters. The summed E-state index contributed by atoms with van der Waals surface area (Å²) in [6.07, 6.45) is 4.94. The lowest BCUT2D eigenvalue weighted by molar-refractivity contribution is -0.0644. The number of hydrogen-bond donors (Lipinski definition) is 2. The molecule has 2 heterocycles. The summed E-state index contributed by atoms with van der Waals surface area (Å²) < 4.78 is 40.2. The highest BCUT2D eigenvalue weighted by Gasteiger charge is 2.41. The zero-order chi connectivity index (χ0) is 25.8. The molecule has 37 heavy (non-hydrogen) atoms. The first-order valence-corrected chi connectivity index (χ1v) is 13.9. The molecule has 3 aliphatic rings. The first kappa shape index (κ1) is 24.9. The molecular formula is C27H30F2N2O5S. The second-order valence-electron chi connectivity index (χ2n) is 10.9. The summed E-state index contributed by atoms with van der Waals surface area (Å²) in [6, 6.07) is 4.80. The van der Waals surface area contributed by atoms with Gasteiger partial charge in [-0.05, 0) is 69.6 Å². The van der Waals surface area contributed by atoms with Gasteiger partial charge in [-0.1, -0.05) is 5.16 Å². The van der Waals surface area contributed by atoms with Crippen LogP contribution in [0.5, 0.6) is 0 Å². The molecule has 3 saturated carbocycles. The molecule has 10 heteroatoms. The van der Waals surface area contributed by atoms with Gasteiger partial charge in [-0.25, -0.2) is 18.6 Å². The lowest BCUT2D eigenvalue weighted by Crippen LogP contribution is -2.34. The Kier molecular flexibility index (Phi) is 6.32. The maximum Gasteiger partial charge on any atom is 0.335 e. The summed E-state index contributed by atoms with van der Waals surface area (Å²) in [5.41, 5.74) is 1.55. The molecule has 1 aromatic carbocycles. The van der Waals surface area contributed by atoms with E-state index < -0.39 is 17.5 Å². The molecule has 0 amide bonds. The summed E-state index contributed by atoms with van der Waals surface area (Å²) in [6.45, 7) is 0.347. The number of hydrogen-bond acceptors (Lipinski definition) is 7. The first-order chi connectivity index (χ1) is 17.7. The van der Waals surface area contributed by atoms with Crippen LogP contribution in [0.3, 0.4) is 0 Å². The van der Waals surface area contributed by atoms with E-state index >= 15 is 0 Å². The molecule has 3 fully saturated rings. The van der Waals surface area contributed by atoms with Gasteiger partial charge in [0.2, 0.25) is 5.92 Å². The summed E-state index contributed by atoms with van der Waals surface area (Å²) in [5, 5.41) is 25.5. The minimum Gasteiger partial charge on any atom is -0.478 e. The number of halogens is 2. The number of aliphatic hydroxyl groups is 1. The number of benzene rings is 1. The molecule has 0 unspecified atom stereocenters. The number of fused-ring (bicyclic) bond motifs is 1. The van der Waals surface area contributed by atoms with Crippen LogP contribution in [0.15, 0.2) is 22.7 Å². The zero-order valence-corrected chi connectivity index (χ0v) is 21.2. The Morgan fingerprint density at radius 1 is 1.08 bits per heavy atom. The average Bonchev–Trinajstić information content (AvgIpc) is 3.48. The Labute approximate surface area is 216 Å². The van der Waals surface area contributed by atoms with Crippen LogP contribution < -0.4 is 0 Å². The molecule has 7 nitrogen and oxygen atoms in total. The van der Waals surface area contributed by atoms with Crippen molar-refractivity contribution < 1.29 is 33.0 Å². The van der Waals surface area contributed by atoms with E-state index in [1.807, 2.05) is 0 Å². The average molecular weight is 533 g/mol. The van der Waals surface area contributed by atoms with E-state index in [4.69, 9.17) is 9.26 Å². The smallest absolute Gasteiger partial charge is 0.335 e. The van der Waals surface area contributed by atoms with Crippen LogP contribution >= 0.6 is 11.3 Å². The highest BCUT2D eigenvalue weighted by Crippen LogP contribution is 2.47. The van der Waals surface area contributed by atoms with Crippen LogP contribution in [0.25, 0.3) is 10.2 Å². The summed E-state index contributed by atoms with van der Waals surface area (Å²) in [4.78, 5) is 15.9. The van der Waals surface area contributed by atoms with Crippen molar-refractivity contribution in [1.29, 1.82) is 0 Å². The van der Waals surface area contributed by atoms with Gasteiger partial charge in [-0.3, -0.25) is 0 Å². The fourth-order valence-corrected chi connectivity index (χ4v) is 6.84. The Hall–Kier alpha value is -2.43. The Morgan fingerprint density at radius 2 is 1.81 bits per heavy atom. The molecule has 3 aliphatic carbocycles. The molecule has 198 valence electrons. The van der Waals surface area contributed by atoms with Crippen molar-refractivity contribution in [3.05, 3.63) is 45.8 Å². The fraction of sp³-hybridized carbons (Fsp3) is 0.593. The number of aromatic carboxylic acids is 1. The topological polar surface area (TPSA) is 106 Å². The largest absolute Gasteiger partial charge is 0.478 e. The van der Waals surface area contributed by atoms with Gasteiger partial charge in [-0.2, -0.15) is 0 Å². The number of ether oxygens (including phenoxy) is 1. The van der Waals surface area contributed by atoms with Crippen LogP contribution in [0.4, 0.5) is 8.78 Å². The van der Waals surface area contributed by atoms with Crippen LogP contribution in [0, 0.1) is 0 Å². The van der Waals surface area contributed by atoms with E-state index in [9.17, 15) is 23.8 Å². The van der Waals surface area contributed by atoms with E-state index in [-0.39, 0.29) is 30.4 Å². The van der Waals surface area contributed by atoms with Gasteiger partial charge in [-0.15, -0.1) is 11.3 Å². The molecule has 6 rings (SSSR count). The van der Waals surface area contributed by atoms with Crippen molar-refractivity contribution >= 4 is 27.5 Å². The lowest BCUT2D eigenvalue weighted by Gasteiger charge is -2.34. The normalized spacial score (nSPS) is 26.5. The number of rotatable bonds is 7. The highest BCUT2D eigenvalue weighted by molar-refractivity contribution is 7.18. The third kappa shape index (κ3) is 5.03. The number of aromatic nitrogens is 2. The van der Waals surface area contributed by atoms with Crippen LogP contribution in [-0.2, 0) is 16.9 Å². The van der Waals surface area contributed by atoms with Gasteiger partial charge in [0, 0.05) is 30.2 Å². The van der Waals surface area contributed by atoms with Crippen LogP contribution in [0.1, 0.15) is 108 Å². The van der Waals surface area contributed by atoms with Gasteiger partial charge in [0.15, 0.2) is 0 Å². The predicted octanol–water partition coefficient (Wildman–Crippen LogP) is 6.50. The predicted molar refractivity (Wildman–Crippen MR) is 132 cm³/mol. The maximum absolute atomic E-state index is 13.7. The summed E-state index contributed by atoms with van der Waals surface area (Å²) in [7, 11) is 0. The van der Waals surface area contributed by atoms with E-state index in [0.717, 1.165) is 34.6 Å². The van der Waals surface area contributed by atoms with Crippen molar-refractivity contribution in [2.45, 2.75) is 100 Å². The SMILES string of the molecule is O=C(O)c1ccc2nc(C3(O)CCC(OCc4c(C5CCC(F)(F)CC5)noc4C4CC4)CC3)sc2c1. The number of carbonyl (C=O) groups is 1. The minimum absolute atomic E-state index is 0.0217. The van der Waals surface area contributed by atoms with E-state index in [1.54, 1.807) is 12.1 Å². The molecule has 0 spiro atoms. The van der Waals surface area contributed by atoms with Gasteiger partial charge in [0.25, 0.3) is 0 Å². The second-order valence-corrected chi connectivity index (χ2v) is 11.9. The first-order valence-electron chi connectivity index (χ1n) is 13.1. The molecule has 3 aromatic rings. The van der Waals surface area contributed by atoms with E-state index in [2.05, 4.69) is 10.1 Å². The standard InChI is InChI=1S/C27H30F2N2O5S/c28-27(29)11-5-15(6-12-27)22-19(23(36-31-22)16-1-2-16)14-35-18-7-9-26(34,10-8-18)25-30-20-4-3-17(24(32)33)13-21(20)37-25/h3-4,13,15-16,18,34H,1-2,5-12,14H2,(H,32,33). The number of alkyl halides is 2. The van der Waals surface area contributed by atoms with Gasteiger partial charge in [0.05, 0.1) is 34.2 Å². The zero-order valence-electron chi connectivity index (χ0n) is 20.4. The summed E-state index contributed by atoms with van der Waals surface area (Å²) >= 11 is 1.34.